The van der Waals surface area contributed by atoms with E-state index >= 15 is 0 Å². The van der Waals surface area contributed by atoms with Crippen LogP contribution >= 0.6 is 0 Å². The molecule has 1 aliphatic rings. The first-order chi connectivity index (χ1) is 9.08. The number of rotatable bonds is 7. The second-order valence-electron chi connectivity index (χ2n) is 4.16. The van der Waals surface area contributed by atoms with Crippen molar-refractivity contribution in [2.24, 2.45) is 0 Å². The molecular formula is C12H19NO6. The quantitative estimate of drug-likeness (QED) is 0.594. The van der Waals surface area contributed by atoms with E-state index < -0.39 is 18.0 Å². The standard InChI is InChI=1S/C12H19NO6/c1-17-8-7-13-6-5-9(12(13)16)19-11(15)4-3-10(14)18-2/h9H,3-8H2,1-2H3. The van der Waals surface area contributed by atoms with Crippen molar-refractivity contribution >= 4 is 17.8 Å². The molecule has 0 bridgehead atoms. The van der Waals surface area contributed by atoms with Gasteiger partial charge in [0.1, 0.15) is 0 Å². The molecule has 0 radical (unpaired) electrons. The van der Waals surface area contributed by atoms with Crippen molar-refractivity contribution in [2.45, 2.75) is 25.4 Å². The van der Waals surface area contributed by atoms with Crippen LogP contribution < -0.4 is 0 Å². The minimum Gasteiger partial charge on any atom is -0.469 e. The van der Waals surface area contributed by atoms with Crippen molar-refractivity contribution in [3.05, 3.63) is 0 Å². The van der Waals surface area contributed by atoms with Crippen LogP contribution in [0.4, 0.5) is 0 Å². The molecular weight excluding hydrogens is 254 g/mol. The summed E-state index contributed by atoms with van der Waals surface area (Å²) >= 11 is 0. The molecule has 1 atom stereocenters. The molecule has 0 saturated carbocycles. The number of hydrogen-bond donors (Lipinski definition) is 0. The maximum Gasteiger partial charge on any atom is 0.307 e. The van der Waals surface area contributed by atoms with Crippen LogP contribution in [0, 0.1) is 0 Å². The van der Waals surface area contributed by atoms with E-state index in [1.54, 1.807) is 12.0 Å². The fourth-order valence-corrected chi connectivity index (χ4v) is 1.77. The molecule has 1 heterocycles. The van der Waals surface area contributed by atoms with Crippen molar-refractivity contribution in [3.8, 4) is 0 Å². The maximum absolute atomic E-state index is 11.8. The monoisotopic (exact) mass is 273 g/mol. The number of esters is 2. The topological polar surface area (TPSA) is 82.1 Å². The molecule has 19 heavy (non-hydrogen) atoms. The van der Waals surface area contributed by atoms with Crippen LogP contribution in [0.15, 0.2) is 0 Å². The predicted octanol–water partition coefficient (Wildman–Crippen LogP) is -0.270. The summed E-state index contributed by atoms with van der Waals surface area (Å²) in [5.74, 6) is -1.24. The highest BCUT2D eigenvalue weighted by Crippen LogP contribution is 2.15. The van der Waals surface area contributed by atoms with E-state index in [1.165, 1.54) is 7.11 Å². The molecule has 0 aromatic carbocycles. The molecule has 0 aliphatic carbocycles. The van der Waals surface area contributed by atoms with Crippen LogP contribution in [0.25, 0.3) is 0 Å². The Labute approximate surface area is 111 Å². The second kappa shape index (κ2) is 7.73. The number of likely N-dealkylation sites (tertiary alicyclic amines) is 1. The summed E-state index contributed by atoms with van der Waals surface area (Å²) in [4.78, 5) is 35.8. The minimum absolute atomic E-state index is 0.0381. The van der Waals surface area contributed by atoms with Gasteiger partial charge in [0.15, 0.2) is 6.10 Å². The minimum atomic E-state index is -0.734. The predicted molar refractivity (Wildman–Crippen MR) is 64.2 cm³/mol. The Balaban J connectivity index is 2.31. The first-order valence-corrected chi connectivity index (χ1v) is 6.12. The number of nitrogens with zero attached hydrogens (tertiary/aromatic N) is 1. The molecule has 1 unspecified atom stereocenters. The third kappa shape index (κ3) is 4.86. The zero-order valence-electron chi connectivity index (χ0n) is 11.2. The van der Waals surface area contributed by atoms with Gasteiger partial charge in [-0.2, -0.15) is 0 Å². The van der Waals surface area contributed by atoms with E-state index in [0.29, 0.717) is 26.1 Å². The number of amides is 1. The Morgan fingerprint density at radius 3 is 2.58 bits per heavy atom. The third-order valence-electron chi connectivity index (χ3n) is 2.85. The lowest BCUT2D eigenvalue weighted by atomic mass is 10.3. The average Bonchev–Trinajstić information content (AvgIpc) is 2.75. The average molecular weight is 273 g/mol. The van der Waals surface area contributed by atoms with Crippen LogP contribution in [0.2, 0.25) is 0 Å². The molecule has 7 heteroatoms. The molecule has 1 fully saturated rings. The first-order valence-electron chi connectivity index (χ1n) is 6.12. The molecule has 7 nitrogen and oxygen atoms in total. The Kier molecular flexibility index (Phi) is 6.27. The van der Waals surface area contributed by atoms with Gasteiger partial charge in [-0.05, 0) is 0 Å². The highest BCUT2D eigenvalue weighted by Gasteiger charge is 2.34. The number of methoxy groups -OCH3 is 2. The van der Waals surface area contributed by atoms with Gasteiger partial charge in [0.05, 0.1) is 26.6 Å². The molecule has 0 spiro atoms. The lowest BCUT2D eigenvalue weighted by Gasteiger charge is -2.15. The van der Waals surface area contributed by atoms with Gasteiger partial charge in [0.25, 0.3) is 5.91 Å². The fraction of sp³-hybridized carbons (Fsp3) is 0.750. The van der Waals surface area contributed by atoms with Crippen LogP contribution in [0.3, 0.4) is 0 Å². The van der Waals surface area contributed by atoms with Crippen molar-refractivity contribution in [2.75, 3.05) is 33.9 Å². The van der Waals surface area contributed by atoms with E-state index in [9.17, 15) is 14.4 Å². The van der Waals surface area contributed by atoms with Gasteiger partial charge in [0, 0.05) is 26.6 Å². The summed E-state index contributed by atoms with van der Waals surface area (Å²) < 4.78 is 14.4. The lowest BCUT2D eigenvalue weighted by Crippen LogP contribution is -2.34. The molecule has 0 N–H and O–H groups in total. The zero-order chi connectivity index (χ0) is 14.3. The molecule has 1 saturated heterocycles. The SMILES string of the molecule is COCCN1CCC(OC(=O)CCC(=O)OC)C1=O. The Bertz CT molecular complexity index is 343. The van der Waals surface area contributed by atoms with Crippen molar-refractivity contribution in [1.82, 2.24) is 4.90 Å². The highest BCUT2D eigenvalue weighted by molar-refractivity contribution is 5.86. The van der Waals surface area contributed by atoms with Crippen LogP contribution in [0.1, 0.15) is 19.3 Å². The number of carbonyl (C=O) groups excluding carboxylic acids is 3. The Morgan fingerprint density at radius 1 is 1.26 bits per heavy atom. The van der Waals surface area contributed by atoms with E-state index in [0.717, 1.165) is 0 Å². The van der Waals surface area contributed by atoms with Gasteiger partial charge in [-0.3, -0.25) is 14.4 Å². The molecule has 1 aliphatic heterocycles. The van der Waals surface area contributed by atoms with Crippen molar-refractivity contribution < 1.29 is 28.6 Å². The van der Waals surface area contributed by atoms with Crippen LogP contribution in [0.5, 0.6) is 0 Å². The van der Waals surface area contributed by atoms with Gasteiger partial charge in [-0.15, -0.1) is 0 Å². The first kappa shape index (κ1) is 15.4. The Hall–Kier alpha value is -1.63. The second-order valence-corrected chi connectivity index (χ2v) is 4.16. The molecule has 1 amide bonds. The van der Waals surface area contributed by atoms with Crippen molar-refractivity contribution in [1.29, 1.82) is 0 Å². The van der Waals surface area contributed by atoms with Gasteiger partial charge >= 0.3 is 11.9 Å². The zero-order valence-corrected chi connectivity index (χ0v) is 11.2. The molecule has 0 aromatic heterocycles. The smallest absolute Gasteiger partial charge is 0.307 e. The summed E-state index contributed by atoms with van der Waals surface area (Å²) in [5, 5.41) is 0. The number of hydrogen-bond acceptors (Lipinski definition) is 6. The van der Waals surface area contributed by atoms with E-state index in [-0.39, 0.29) is 18.7 Å². The van der Waals surface area contributed by atoms with Crippen LogP contribution in [-0.4, -0.2) is 62.8 Å². The van der Waals surface area contributed by atoms with Gasteiger partial charge in [0.2, 0.25) is 0 Å². The van der Waals surface area contributed by atoms with Crippen LogP contribution in [-0.2, 0) is 28.6 Å². The van der Waals surface area contributed by atoms with Gasteiger partial charge < -0.3 is 19.1 Å². The molecule has 108 valence electrons. The summed E-state index contributed by atoms with van der Waals surface area (Å²) in [6.45, 7) is 1.50. The maximum atomic E-state index is 11.8. The normalized spacial score (nSPS) is 18.5. The fourth-order valence-electron chi connectivity index (χ4n) is 1.77. The highest BCUT2D eigenvalue weighted by atomic mass is 16.6. The lowest BCUT2D eigenvalue weighted by molar-refractivity contribution is -0.157. The summed E-state index contributed by atoms with van der Waals surface area (Å²) in [7, 11) is 2.81. The summed E-state index contributed by atoms with van der Waals surface area (Å²) in [5.41, 5.74) is 0. The molecule has 0 aromatic rings. The number of carbonyl (C=O) groups is 3. The Morgan fingerprint density at radius 2 is 1.95 bits per heavy atom. The molecule has 1 rings (SSSR count). The van der Waals surface area contributed by atoms with E-state index in [2.05, 4.69) is 4.74 Å². The van der Waals surface area contributed by atoms with Gasteiger partial charge in [-0.25, -0.2) is 0 Å². The van der Waals surface area contributed by atoms with Crippen molar-refractivity contribution in [3.63, 3.8) is 0 Å². The van der Waals surface area contributed by atoms with E-state index in [1.807, 2.05) is 0 Å². The third-order valence-corrected chi connectivity index (χ3v) is 2.85. The summed E-state index contributed by atoms with van der Waals surface area (Å²) in [6.07, 6.45) is -0.369. The summed E-state index contributed by atoms with van der Waals surface area (Å²) in [6, 6.07) is 0. The van der Waals surface area contributed by atoms with E-state index in [4.69, 9.17) is 9.47 Å². The number of ether oxygens (including phenoxy) is 3. The van der Waals surface area contributed by atoms with Gasteiger partial charge in [-0.1, -0.05) is 0 Å². The largest absolute Gasteiger partial charge is 0.469 e.